The molecule has 0 aliphatic rings. The molecular formula is C12H23ClN4O7. The third-order valence-electron chi connectivity index (χ3n) is 3.44. The highest BCUT2D eigenvalue weighted by Crippen LogP contribution is 2.27. The molecule has 0 aromatic carbocycles. The molecule has 0 radical (unpaired) electrons. The molecule has 0 aliphatic heterocycles. The molecule has 1 heterocycles. The minimum absolute atomic E-state index is 0. The van der Waals surface area contributed by atoms with E-state index in [4.69, 9.17) is 0 Å². The van der Waals surface area contributed by atoms with Crippen LogP contribution < -0.4 is 15.4 Å². The van der Waals surface area contributed by atoms with Crippen molar-refractivity contribution in [3.8, 4) is 0 Å². The van der Waals surface area contributed by atoms with Crippen LogP contribution in [0.4, 0.5) is 11.4 Å². The predicted octanol–water partition coefficient (Wildman–Crippen LogP) is -3.59. The van der Waals surface area contributed by atoms with E-state index in [1.165, 1.54) is 6.20 Å². The normalized spacial score (nSPS) is 10.8. The summed E-state index contributed by atoms with van der Waals surface area (Å²) in [5.41, 5.74) is -0.890. The van der Waals surface area contributed by atoms with Crippen LogP contribution in [0.5, 0.6) is 0 Å². The molecule has 1 aromatic rings. The molecule has 1 rings (SSSR count). The molecular weight excluding hydrogens is 348 g/mol. The first-order valence-corrected chi connectivity index (χ1v) is 6.85. The van der Waals surface area contributed by atoms with Gasteiger partial charge in [0, 0.05) is 0 Å². The summed E-state index contributed by atoms with van der Waals surface area (Å²) in [5.74, 6) is 0. The predicted molar refractivity (Wildman–Crippen MR) is 87.2 cm³/mol. The maximum atomic E-state index is 12.1. The summed E-state index contributed by atoms with van der Waals surface area (Å²) in [6.07, 6.45) is 1.17. The summed E-state index contributed by atoms with van der Waals surface area (Å²) in [5, 5.41) is 61.9. The van der Waals surface area contributed by atoms with Gasteiger partial charge in [0.2, 0.25) is 0 Å². The standard InChI is InChI=1S/C12H22N4O7.ClH/c17-2-8(3-18)15(6-21)10-1-13-14-12(23)11(10)16(7-22)9(4-19)5-20;/h1,8-9,17-22H,2-7H2,(H,14,23);1H. The monoisotopic (exact) mass is 370 g/mol. The van der Waals surface area contributed by atoms with Crippen LogP contribution in [-0.2, 0) is 0 Å². The fourth-order valence-corrected chi connectivity index (χ4v) is 2.14. The molecule has 0 aliphatic carbocycles. The Bertz CT molecular complexity index is 524. The number of aromatic nitrogens is 2. The lowest BCUT2D eigenvalue weighted by Crippen LogP contribution is -2.47. The molecule has 12 heteroatoms. The molecule has 140 valence electrons. The quantitative estimate of drug-likeness (QED) is 0.204. The van der Waals surface area contributed by atoms with Gasteiger partial charge >= 0.3 is 0 Å². The summed E-state index contributed by atoms with van der Waals surface area (Å²) in [6, 6.07) is -1.88. The number of hydrogen-bond donors (Lipinski definition) is 7. The van der Waals surface area contributed by atoms with Crippen LogP contribution in [0.3, 0.4) is 0 Å². The number of halogens is 1. The van der Waals surface area contributed by atoms with Crippen LogP contribution >= 0.6 is 12.4 Å². The zero-order valence-corrected chi connectivity index (χ0v) is 13.6. The lowest BCUT2D eigenvalue weighted by molar-refractivity contribution is 0.161. The van der Waals surface area contributed by atoms with E-state index in [1.807, 2.05) is 0 Å². The lowest BCUT2D eigenvalue weighted by atomic mass is 10.2. The third kappa shape index (κ3) is 4.77. The van der Waals surface area contributed by atoms with Gasteiger partial charge in [0.05, 0.1) is 50.4 Å². The lowest BCUT2D eigenvalue weighted by Gasteiger charge is -2.35. The van der Waals surface area contributed by atoms with Gasteiger partial charge in [-0.3, -0.25) is 4.79 Å². The summed E-state index contributed by atoms with van der Waals surface area (Å²) >= 11 is 0. The van der Waals surface area contributed by atoms with Crippen molar-refractivity contribution in [2.45, 2.75) is 12.1 Å². The second-order valence-corrected chi connectivity index (χ2v) is 4.69. The van der Waals surface area contributed by atoms with Crippen molar-refractivity contribution in [1.29, 1.82) is 0 Å². The molecule has 1 aromatic heterocycles. The van der Waals surface area contributed by atoms with Crippen LogP contribution in [0.2, 0.25) is 0 Å². The van der Waals surface area contributed by atoms with E-state index in [-0.39, 0.29) is 23.8 Å². The van der Waals surface area contributed by atoms with Gasteiger partial charge in [-0.25, -0.2) is 5.10 Å². The van der Waals surface area contributed by atoms with Gasteiger partial charge in [-0.1, -0.05) is 0 Å². The number of anilines is 2. The molecule has 11 nitrogen and oxygen atoms in total. The number of aromatic amines is 1. The van der Waals surface area contributed by atoms with E-state index >= 15 is 0 Å². The Balaban J connectivity index is 0.00000529. The summed E-state index contributed by atoms with van der Waals surface area (Å²) < 4.78 is 0. The average molecular weight is 371 g/mol. The van der Waals surface area contributed by atoms with Crippen LogP contribution in [0, 0.1) is 0 Å². The van der Waals surface area contributed by atoms with Crippen molar-refractivity contribution >= 4 is 23.8 Å². The Hall–Kier alpha value is -1.47. The van der Waals surface area contributed by atoms with Gasteiger partial charge < -0.3 is 40.4 Å². The third-order valence-corrected chi connectivity index (χ3v) is 3.44. The molecule has 24 heavy (non-hydrogen) atoms. The van der Waals surface area contributed by atoms with Crippen molar-refractivity contribution in [1.82, 2.24) is 10.2 Å². The second kappa shape index (κ2) is 11.1. The SMILES string of the molecule is Cl.O=c1[nH]ncc(N(CO)C(CO)CO)c1N(CO)C(CO)CO. The van der Waals surface area contributed by atoms with Gasteiger partial charge in [-0.2, -0.15) is 5.10 Å². The van der Waals surface area contributed by atoms with Gasteiger partial charge in [0.15, 0.2) is 0 Å². The largest absolute Gasteiger partial charge is 0.394 e. The number of aliphatic hydroxyl groups excluding tert-OH is 6. The van der Waals surface area contributed by atoms with E-state index in [2.05, 4.69) is 10.2 Å². The molecule has 7 N–H and O–H groups in total. The highest BCUT2D eigenvalue weighted by molar-refractivity contribution is 5.85. The molecule has 0 saturated heterocycles. The zero-order valence-electron chi connectivity index (χ0n) is 12.8. The molecule has 0 saturated carbocycles. The molecule has 0 spiro atoms. The fourth-order valence-electron chi connectivity index (χ4n) is 2.14. The fraction of sp³-hybridized carbons (Fsp3) is 0.667. The molecule has 0 unspecified atom stereocenters. The van der Waals surface area contributed by atoms with Crippen LogP contribution in [0.15, 0.2) is 11.0 Å². The van der Waals surface area contributed by atoms with E-state index < -0.39 is 57.5 Å². The molecule has 0 amide bonds. The van der Waals surface area contributed by atoms with Crippen molar-refractivity contribution in [2.75, 3.05) is 49.7 Å². The maximum absolute atomic E-state index is 12.1. The molecule has 0 atom stereocenters. The molecule has 0 fully saturated rings. The second-order valence-electron chi connectivity index (χ2n) is 4.69. The minimum Gasteiger partial charge on any atom is -0.394 e. The summed E-state index contributed by atoms with van der Waals surface area (Å²) in [7, 11) is 0. The highest BCUT2D eigenvalue weighted by atomic mass is 35.5. The van der Waals surface area contributed by atoms with Crippen molar-refractivity contribution < 1.29 is 30.6 Å². The summed E-state index contributed by atoms with van der Waals surface area (Å²) in [4.78, 5) is 14.3. The highest BCUT2D eigenvalue weighted by Gasteiger charge is 2.27. The Morgan fingerprint density at radius 1 is 0.917 bits per heavy atom. The first-order valence-electron chi connectivity index (χ1n) is 6.85. The van der Waals surface area contributed by atoms with Crippen LogP contribution in [0.25, 0.3) is 0 Å². The van der Waals surface area contributed by atoms with Crippen molar-refractivity contribution in [3.05, 3.63) is 16.6 Å². The Morgan fingerprint density at radius 3 is 1.79 bits per heavy atom. The smallest absolute Gasteiger partial charge is 0.289 e. The number of rotatable bonds is 10. The maximum Gasteiger partial charge on any atom is 0.289 e. The van der Waals surface area contributed by atoms with E-state index in [9.17, 15) is 35.4 Å². The Morgan fingerprint density at radius 2 is 1.38 bits per heavy atom. The van der Waals surface area contributed by atoms with Gasteiger partial charge in [0.1, 0.15) is 19.1 Å². The van der Waals surface area contributed by atoms with E-state index in [1.54, 1.807) is 0 Å². The average Bonchev–Trinajstić information content (AvgIpc) is 2.58. The number of nitrogens with one attached hydrogen (secondary N) is 1. The number of hydrogen-bond acceptors (Lipinski definition) is 10. The number of aliphatic hydroxyl groups is 6. The number of nitrogens with zero attached hydrogens (tertiary/aromatic N) is 3. The first kappa shape index (κ1) is 22.5. The van der Waals surface area contributed by atoms with E-state index in [0.717, 1.165) is 9.80 Å². The summed E-state index contributed by atoms with van der Waals surface area (Å²) in [6.45, 7) is -3.44. The van der Waals surface area contributed by atoms with Gasteiger partial charge in [0.25, 0.3) is 5.56 Å². The molecule has 0 bridgehead atoms. The van der Waals surface area contributed by atoms with Gasteiger partial charge in [-0.15, -0.1) is 12.4 Å². The van der Waals surface area contributed by atoms with Crippen LogP contribution in [-0.4, -0.2) is 92.8 Å². The van der Waals surface area contributed by atoms with Crippen molar-refractivity contribution in [3.63, 3.8) is 0 Å². The van der Waals surface area contributed by atoms with Gasteiger partial charge in [-0.05, 0) is 0 Å². The van der Waals surface area contributed by atoms with Crippen LogP contribution in [0.1, 0.15) is 0 Å². The zero-order chi connectivity index (χ0) is 17.4. The Labute approximate surface area is 143 Å². The Kier molecular flexibility index (Phi) is 10.5. The number of H-pyrrole nitrogens is 1. The minimum atomic E-state index is -0.968. The topological polar surface area (TPSA) is 174 Å². The first-order chi connectivity index (χ1) is 11.1. The van der Waals surface area contributed by atoms with E-state index in [0.29, 0.717) is 0 Å². The van der Waals surface area contributed by atoms with Crippen molar-refractivity contribution in [2.24, 2.45) is 0 Å².